The van der Waals surface area contributed by atoms with E-state index in [0.717, 1.165) is 23.6 Å². The number of carbonyl (C=O) groups is 2. The standard InChI is InChI=1S/C31H30F2N4O2S/c1-4-20(3)34-26(38)17-36-27(39)18-40-30(24-15-12-22(32)16-25(24)33)28-29(21-8-6-5-7-9-21)35-37(31(28)36)23-13-10-19(2)11-14-23/h5-16,20,30H,4,17-18H2,1-3H3,(H,34,38). The summed E-state index contributed by atoms with van der Waals surface area (Å²) in [6.07, 6.45) is 0.742. The summed E-state index contributed by atoms with van der Waals surface area (Å²) in [6.45, 7) is 5.63. The van der Waals surface area contributed by atoms with E-state index in [1.165, 1.54) is 28.8 Å². The van der Waals surface area contributed by atoms with Gasteiger partial charge in [0.05, 0.1) is 22.4 Å². The molecule has 0 radical (unpaired) electrons. The first-order valence-corrected chi connectivity index (χ1v) is 14.2. The number of anilines is 1. The van der Waals surface area contributed by atoms with Gasteiger partial charge >= 0.3 is 0 Å². The van der Waals surface area contributed by atoms with Crippen LogP contribution in [-0.4, -0.2) is 39.9 Å². The molecule has 0 aliphatic carbocycles. The summed E-state index contributed by atoms with van der Waals surface area (Å²) in [5.41, 5.74) is 3.90. The first-order chi connectivity index (χ1) is 19.3. The van der Waals surface area contributed by atoms with Crippen molar-refractivity contribution in [2.75, 3.05) is 17.2 Å². The minimum absolute atomic E-state index is 0.00506. The molecule has 2 unspecified atom stereocenters. The van der Waals surface area contributed by atoms with E-state index in [0.29, 0.717) is 22.8 Å². The number of nitrogens with one attached hydrogen (secondary N) is 1. The Morgan fingerprint density at radius 2 is 1.82 bits per heavy atom. The van der Waals surface area contributed by atoms with Gasteiger partial charge in [-0.3, -0.25) is 14.5 Å². The van der Waals surface area contributed by atoms with Crippen LogP contribution in [0.2, 0.25) is 0 Å². The maximum Gasteiger partial charge on any atom is 0.240 e. The molecule has 6 nitrogen and oxygen atoms in total. The van der Waals surface area contributed by atoms with Gasteiger partial charge in [0, 0.05) is 28.8 Å². The van der Waals surface area contributed by atoms with E-state index in [1.807, 2.05) is 75.4 Å². The molecule has 1 aromatic heterocycles. The molecule has 0 saturated carbocycles. The minimum atomic E-state index is -0.707. The van der Waals surface area contributed by atoms with Gasteiger partial charge in [-0.2, -0.15) is 5.10 Å². The van der Waals surface area contributed by atoms with Gasteiger partial charge in [0.25, 0.3) is 0 Å². The van der Waals surface area contributed by atoms with Crippen molar-refractivity contribution in [1.82, 2.24) is 15.1 Å². The zero-order chi connectivity index (χ0) is 28.4. The van der Waals surface area contributed by atoms with Crippen LogP contribution in [0.5, 0.6) is 0 Å². The van der Waals surface area contributed by atoms with E-state index in [9.17, 15) is 14.0 Å². The largest absolute Gasteiger partial charge is 0.352 e. The molecule has 206 valence electrons. The summed E-state index contributed by atoms with van der Waals surface area (Å²) in [5, 5.41) is 7.23. The molecule has 0 saturated heterocycles. The molecule has 0 spiro atoms. The van der Waals surface area contributed by atoms with Crippen LogP contribution >= 0.6 is 11.8 Å². The Morgan fingerprint density at radius 3 is 2.50 bits per heavy atom. The van der Waals surface area contributed by atoms with Crippen LogP contribution in [0.1, 0.15) is 42.2 Å². The Balaban J connectivity index is 1.79. The molecule has 4 aromatic rings. The first-order valence-electron chi connectivity index (χ1n) is 13.2. The van der Waals surface area contributed by atoms with Crippen LogP contribution in [0.25, 0.3) is 16.9 Å². The molecule has 9 heteroatoms. The van der Waals surface area contributed by atoms with Crippen LogP contribution in [-0.2, 0) is 9.59 Å². The molecule has 2 heterocycles. The molecule has 2 amide bonds. The van der Waals surface area contributed by atoms with Crippen LogP contribution in [0.4, 0.5) is 14.6 Å². The Kier molecular flexibility index (Phi) is 8.02. The van der Waals surface area contributed by atoms with Crippen molar-refractivity contribution in [3.8, 4) is 16.9 Å². The van der Waals surface area contributed by atoms with Gasteiger partial charge in [0.1, 0.15) is 24.0 Å². The number of benzene rings is 3. The molecular formula is C31H30F2N4O2S. The van der Waals surface area contributed by atoms with E-state index < -0.39 is 16.9 Å². The van der Waals surface area contributed by atoms with Crippen LogP contribution in [0.3, 0.4) is 0 Å². The summed E-state index contributed by atoms with van der Waals surface area (Å²) in [6, 6.07) is 20.5. The highest BCUT2D eigenvalue weighted by Gasteiger charge is 2.38. The van der Waals surface area contributed by atoms with E-state index in [4.69, 9.17) is 5.10 Å². The van der Waals surface area contributed by atoms with E-state index in [2.05, 4.69) is 5.32 Å². The fourth-order valence-corrected chi connectivity index (χ4v) is 5.94. The number of amides is 2. The molecule has 2 atom stereocenters. The summed E-state index contributed by atoms with van der Waals surface area (Å²) in [5.74, 6) is -1.61. The van der Waals surface area contributed by atoms with E-state index >= 15 is 4.39 Å². The second kappa shape index (κ2) is 11.6. The molecular weight excluding hydrogens is 530 g/mol. The number of aryl methyl sites for hydroxylation is 1. The van der Waals surface area contributed by atoms with Gasteiger partial charge in [-0.05, 0) is 38.5 Å². The lowest BCUT2D eigenvalue weighted by atomic mass is 9.99. The highest BCUT2D eigenvalue weighted by Crippen LogP contribution is 2.49. The Labute approximate surface area is 236 Å². The molecule has 0 bridgehead atoms. The number of hydrogen-bond donors (Lipinski definition) is 1. The van der Waals surface area contributed by atoms with Gasteiger partial charge in [-0.1, -0.05) is 61.0 Å². The Morgan fingerprint density at radius 1 is 1.10 bits per heavy atom. The van der Waals surface area contributed by atoms with Crippen LogP contribution in [0, 0.1) is 18.6 Å². The highest BCUT2D eigenvalue weighted by molar-refractivity contribution is 8.00. The van der Waals surface area contributed by atoms with Crippen LogP contribution in [0.15, 0.2) is 72.8 Å². The van der Waals surface area contributed by atoms with Gasteiger partial charge < -0.3 is 5.32 Å². The van der Waals surface area contributed by atoms with Crippen molar-refractivity contribution < 1.29 is 18.4 Å². The average Bonchev–Trinajstić information content (AvgIpc) is 3.27. The Bertz CT molecular complexity index is 1540. The molecule has 3 aromatic carbocycles. The topological polar surface area (TPSA) is 67.2 Å². The van der Waals surface area contributed by atoms with Gasteiger partial charge in [0.15, 0.2) is 0 Å². The van der Waals surface area contributed by atoms with Gasteiger partial charge in [0.2, 0.25) is 11.8 Å². The molecule has 5 rings (SSSR count). The maximum absolute atomic E-state index is 15.3. The zero-order valence-electron chi connectivity index (χ0n) is 22.5. The third-order valence-electron chi connectivity index (χ3n) is 6.98. The second-order valence-corrected chi connectivity index (χ2v) is 11.0. The Hall–Kier alpha value is -3.98. The van der Waals surface area contributed by atoms with Crippen molar-refractivity contribution in [1.29, 1.82) is 0 Å². The fraction of sp³-hybridized carbons (Fsp3) is 0.258. The fourth-order valence-electron chi connectivity index (χ4n) is 4.72. The molecule has 1 aliphatic rings. The summed E-state index contributed by atoms with van der Waals surface area (Å²) in [7, 11) is 0. The predicted octanol–water partition coefficient (Wildman–Crippen LogP) is 6.21. The lowest BCUT2D eigenvalue weighted by Gasteiger charge is -2.24. The number of thioether (sulfide) groups is 1. The van der Waals surface area contributed by atoms with Crippen molar-refractivity contribution >= 4 is 29.4 Å². The number of hydrogen-bond acceptors (Lipinski definition) is 4. The molecule has 1 N–H and O–H groups in total. The van der Waals surface area contributed by atoms with Gasteiger partial charge in [-0.15, -0.1) is 11.8 Å². The minimum Gasteiger partial charge on any atom is -0.352 e. The number of halogens is 2. The smallest absolute Gasteiger partial charge is 0.240 e. The number of nitrogens with zero attached hydrogens (tertiary/aromatic N) is 3. The predicted molar refractivity (Wildman–Crippen MR) is 155 cm³/mol. The zero-order valence-corrected chi connectivity index (χ0v) is 23.3. The van der Waals surface area contributed by atoms with E-state index in [-0.39, 0.29) is 35.7 Å². The number of fused-ring (bicyclic) bond motifs is 1. The second-order valence-electron chi connectivity index (χ2n) is 9.91. The third kappa shape index (κ3) is 5.51. The van der Waals surface area contributed by atoms with Crippen molar-refractivity contribution in [3.63, 3.8) is 0 Å². The summed E-state index contributed by atoms with van der Waals surface area (Å²) < 4.78 is 30.9. The number of carbonyl (C=O) groups excluding carboxylic acids is 2. The average molecular weight is 561 g/mol. The van der Waals surface area contributed by atoms with Crippen molar-refractivity contribution in [3.05, 3.63) is 101 Å². The molecule has 1 aliphatic heterocycles. The number of aromatic nitrogens is 2. The van der Waals surface area contributed by atoms with Crippen LogP contribution < -0.4 is 10.2 Å². The summed E-state index contributed by atoms with van der Waals surface area (Å²) >= 11 is 1.24. The normalized spacial score (nSPS) is 15.9. The van der Waals surface area contributed by atoms with Crippen molar-refractivity contribution in [2.24, 2.45) is 0 Å². The van der Waals surface area contributed by atoms with E-state index in [1.54, 1.807) is 4.68 Å². The molecule has 40 heavy (non-hydrogen) atoms. The monoisotopic (exact) mass is 560 g/mol. The summed E-state index contributed by atoms with van der Waals surface area (Å²) in [4.78, 5) is 28.3. The first kappa shape index (κ1) is 27.6. The highest BCUT2D eigenvalue weighted by atomic mass is 32.2. The lowest BCUT2D eigenvalue weighted by Crippen LogP contribution is -2.44. The third-order valence-corrected chi connectivity index (χ3v) is 8.22. The maximum atomic E-state index is 15.3. The SMILES string of the molecule is CCC(C)NC(=O)CN1C(=O)CSC(c2ccc(F)cc2F)c2c(-c3ccccc3)nn(-c3ccc(C)cc3)c21. The van der Waals surface area contributed by atoms with Crippen molar-refractivity contribution in [2.45, 2.75) is 38.5 Å². The van der Waals surface area contributed by atoms with Gasteiger partial charge in [-0.25, -0.2) is 13.5 Å². The quantitative estimate of drug-likeness (QED) is 0.292. The molecule has 0 fully saturated rings. The lowest BCUT2D eigenvalue weighted by molar-refractivity contribution is -0.123. The number of rotatable bonds is 7.